The van der Waals surface area contributed by atoms with E-state index < -0.39 is 0 Å². The number of fused-ring (bicyclic) bond motifs is 1. The van der Waals surface area contributed by atoms with E-state index in [-0.39, 0.29) is 5.91 Å². The first-order valence-corrected chi connectivity index (χ1v) is 8.62. The highest BCUT2D eigenvalue weighted by Crippen LogP contribution is 2.29. The predicted octanol–water partition coefficient (Wildman–Crippen LogP) is 3.16. The van der Waals surface area contributed by atoms with Gasteiger partial charge in [-0.25, -0.2) is 4.98 Å². The molecule has 1 amide bonds. The highest BCUT2D eigenvalue weighted by atomic mass is 16.2. The summed E-state index contributed by atoms with van der Waals surface area (Å²) in [5.41, 5.74) is 3.34. The monoisotopic (exact) mass is 309 g/mol. The van der Waals surface area contributed by atoms with Gasteiger partial charge in [0.1, 0.15) is 11.5 Å². The molecule has 2 aliphatic rings. The number of aromatic nitrogens is 2. The van der Waals surface area contributed by atoms with Crippen molar-refractivity contribution in [2.75, 3.05) is 13.1 Å². The maximum atomic E-state index is 12.5. The number of hydrogen-bond donors (Lipinski definition) is 0. The van der Waals surface area contributed by atoms with E-state index in [1.165, 1.54) is 11.1 Å². The Morgan fingerprint density at radius 2 is 2.09 bits per heavy atom. The second-order valence-corrected chi connectivity index (χ2v) is 6.84. The molecule has 0 saturated carbocycles. The number of aryl methyl sites for hydroxylation is 2. The number of amides is 1. The Labute approximate surface area is 137 Å². The van der Waals surface area contributed by atoms with Crippen LogP contribution in [0.3, 0.4) is 0 Å². The van der Waals surface area contributed by atoms with Gasteiger partial charge >= 0.3 is 0 Å². The molecule has 0 spiro atoms. The van der Waals surface area contributed by atoms with Crippen LogP contribution in [0.2, 0.25) is 0 Å². The van der Waals surface area contributed by atoms with E-state index in [1.807, 2.05) is 11.1 Å². The number of hydrogen-bond acceptors (Lipinski definition) is 2. The first-order valence-electron chi connectivity index (χ1n) is 8.62. The molecule has 1 fully saturated rings. The minimum absolute atomic E-state index is 0.108. The van der Waals surface area contributed by atoms with Crippen LogP contribution in [0.1, 0.15) is 52.6 Å². The minimum Gasteiger partial charge on any atom is -0.337 e. The number of carbonyl (C=O) groups is 1. The quantitative estimate of drug-likeness (QED) is 0.854. The molecule has 1 aromatic carbocycles. The van der Waals surface area contributed by atoms with Crippen LogP contribution in [-0.2, 0) is 13.0 Å². The summed E-state index contributed by atoms with van der Waals surface area (Å²) in [6, 6.07) is 8.77. The van der Waals surface area contributed by atoms with E-state index in [4.69, 9.17) is 0 Å². The van der Waals surface area contributed by atoms with Crippen LogP contribution in [0, 0.1) is 6.92 Å². The van der Waals surface area contributed by atoms with E-state index in [2.05, 4.69) is 40.7 Å². The summed E-state index contributed by atoms with van der Waals surface area (Å²) in [5, 5.41) is 0. The molecule has 1 unspecified atom stereocenters. The maximum Gasteiger partial charge on any atom is 0.274 e. The fourth-order valence-corrected chi connectivity index (χ4v) is 3.83. The molecule has 120 valence electrons. The molecule has 0 bridgehead atoms. The van der Waals surface area contributed by atoms with E-state index in [1.54, 1.807) is 0 Å². The lowest BCUT2D eigenvalue weighted by atomic mass is 9.91. The third-order valence-corrected chi connectivity index (χ3v) is 5.12. The van der Waals surface area contributed by atoms with Crippen molar-refractivity contribution in [1.82, 2.24) is 14.5 Å². The molecule has 3 heterocycles. The van der Waals surface area contributed by atoms with Crippen molar-refractivity contribution < 1.29 is 4.79 Å². The van der Waals surface area contributed by atoms with Gasteiger partial charge in [-0.2, -0.15) is 0 Å². The van der Waals surface area contributed by atoms with Crippen molar-refractivity contribution in [3.05, 3.63) is 53.1 Å². The Morgan fingerprint density at radius 1 is 1.26 bits per heavy atom. The molecule has 23 heavy (non-hydrogen) atoms. The van der Waals surface area contributed by atoms with Gasteiger partial charge in [0.15, 0.2) is 0 Å². The van der Waals surface area contributed by atoms with Gasteiger partial charge in [-0.05, 0) is 31.7 Å². The second kappa shape index (κ2) is 5.84. The van der Waals surface area contributed by atoms with Gasteiger partial charge < -0.3 is 9.47 Å². The molecule has 1 saturated heterocycles. The Balaban J connectivity index is 1.54. The second-order valence-electron chi connectivity index (χ2n) is 6.84. The Hall–Kier alpha value is -2.10. The summed E-state index contributed by atoms with van der Waals surface area (Å²) >= 11 is 0. The number of likely N-dealkylation sites (tertiary alicyclic amines) is 1. The molecule has 1 aromatic heterocycles. The van der Waals surface area contributed by atoms with Crippen molar-refractivity contribution in [2.45, 2.75) is 45.1 Å². The van der Waals surface area contributed by atoms with Crippen molar-refractivity contribution in [3.63, 3.8) is 0 Å². The largest absolute Gasteiger partial charge is 0.337 e. The lowest BCUT2D eigenvalue weighted by Crippen LogP contribution is -2.27. The average molecular weight is 309 g/mol. The van der Waals surface area contributed by atoms with Crippen molar-refractivity contribution in [1.29, 1.82) is 0 Å². The minimum atomic E-state index is 0.108. The molecular formula is C19H23N3O. The van der Waals surface area contributed by atoms with Gasteiger partial charge in [0.05, 0.1) is 0 Å². The molecule has 1 atom stereocenters. The average Bonchev–Trinajstić information content (AvgIpc) is 3.23. The SMILES string of the molecule is Cc1cccc(C2CCc3nc(C(=O)N4CCCC4)cn3C2)c1. The fourth-order valence-electron chi connectivity index (χ4n) is 3.83. The van der Waals surface area contributed by atoms with Gasteiger partial charge in [-0.3, -0.25) is 4.79 Å². The van der Waals surface area contributed by atoms with E-state index in [9.17, 15) is 4.79 Å². The van der Waals surface area contributed by atoms with E-state index in [0.29, 0.717) is 11.6 Å². The third-order valence-electron chi connectivity index (χ3n) is 5.12. The van der Waals surface area contributed by atoms with Gasteiger partial charge in [0.25, 0.3) is 5.91 Å². The summed E-state index contributed by atoms with van der Waals surface area (Å²) in [7, 11) is 0. The standard InChI is InChI=1S/C19H23N3O/c1-14-5-4-6-15(11-14)16-7-8-18-20-17(13-22(18)12-16)19(23)21-9-2-3-10-21/h4-6,11,13,16H,2-3,7-10,12H2,1H3. The molecular weight excluding hydrogens is 286 g/mol. The van der Waals surface area contributed by atoms with Gasteiger partial charge in [0.2, 0.25) is 0 Å². The number of imidazole rings is 1. The summed E-state index contributed by atoms with van der Waals surface area (Å²) in [5.74, 6) is 1.69. The van der Waals surface area contributed by atoms with Gasteiger partial charge in [-0.1, -0.05) is 29.8 Å². The normalized spacial score (nSPS) is 20.6. The highest BCUT2D eigenvalue weighted by molar-refractivity contribution is 5.92. The van der Waals surface area contributed by atoms with Crippen molar-refractivity contribution >= 4 is 5.91 Å². The first kappa shape index (κ1) is 14.5. The number of benzene rings is 1. The summed E-state index contributed by atoms with van der Waals surface area (Å²) in [6.07, 6.45) is 6.27. The molecule has 2 aromatic rings. The smallest absolute Gasteiger partial charge is 0.274 e. The zero-order valence-electron chi connectivity index (χ0n) is 13.7. The van der Waals surface area contributed by atoms with Crippen LogP contribution in [0.15, 0.2) is 30.5 Å². The Kier molecular flexibility index (Phi) is 3.68. The van der Waals surface area contributed by atoms with Gasteiger partial charge in [0, 0.05) is 38.2 Å². The highest BCUT2D eigenvalue weighted by Gasteiger charge is 2.26. The van der Waals surface area contributed by atoms with Crippen LogP contribution in [0.5, 0.6) is 0 Å². The molecule has 0 radical (unpaired) electrons. The first-order chi connectivity index (χ1) is 11.2. The summed E-state index contributed by atoms with van der Waals surface area (Å²) in [4.78, 5) is 19.1. The summed E-state index contributed by atoms with van der Waals surface area (Å²) < 4.78 is 2.19. The Bertz CT molecular complexity index is 728. The van der Waals surface area contributed by atoms with Crippen LogP contribution >= 0.6 is 0 Å². The zero-order valence-corrected chi connectivity index (χ0v) is 13.7. The van der Waals surface area contributed by atoms with Crippen LogP contribution in [0.25, 0.3) is 0 Å². The molecule has 4 nitrogen and oxygen atoms in total. The van der Waals surface area contributed by atoms with Crippen LogP contribution in [-0.4, -0.2) is 33.4 Å². The lowest BCUT2D eigenvalue weighted by Gasteiger charge is -2.24. The topological polar surface area (TPSA) is 38.1 Å². The summed E-state index contributed by atoms with van der Waals surface area (Å²) in [6.45, 7) is 4.83. The maximum absolute atomic E-state index is 12.5. The van der Waals surface area contributed by atoms with Crippen LogP contribution in [0.4, 0.5) is 0 Å². The van der Waals surface area contributed by atoms with Crippen LogP contribution < -0.4 is 0 Å². The van der Waals surface area contributed by atoms with Gasteiger partial charge in [-0.15, -0.1) is 0 Å². The zero-order chi connectivity index (χ0) is 15.8. The van der Waals surface area contributed by atoms with E-state index >= 15 is 0 Å². The van der Waals surface area contributed by atoms with E-state index in [0.717, 1.165) is 51.1 Å². The Morgan fingerprint density at radius 3 is 2.87 bits per heavy atom. The lowest BCUT2D eigenvalue weighted by molar-refractivity contribution is 0.0787. The number of rotatable bonds is 2. The van der Waals surface area contributed by atoms with Crippen molar-refractivity contribution in [3.8, 4) is 0 Å². The predicted molar refractivity (Wildman–Crippen MR) is 89.6 cm³/mol. The van der Waals surface area contributed by atoms with Crippen molar-refractivity contribution in [2.24, 2.45) is 0 Å². The molecule has 0 N–H and O–H groups in total. The third kappa shape index (κ3) is 2.78. The number of nitrogens with zero attached hydrogens (tertiary/aromatic N) is 3. The molecule has 0 aliphatic carbocycles. The molecule has 4 heteroatoms. The fraction of sp³-hybridized carbons (Fsp3) is 0.474. The molecule has 2 aliphatic heterocycles. The molecule has 4 rings (SSSR count). The number of carbonyl (C=O) groups excluding carboxylic acids is 1.